The van der Waals surface area contributed by atoms with Crippen molar-refractivity contribution >= 4 is 17.5 Å². The summed E-state index contributed by atoms with van der Waals surface area (Å²) >= 11 is 6.21. The molecule has 0 bridgehead atoms. The van der Waals surface area contributed by atoms with Gasteiger partial charge in [-0.05, 0) is 55.0 Å². The third kappa shape index (κ3) is 4.77. The molecule has 1 aliphatic carbocycles. The largest absolute Gasteiger partial charge is 0.497 e. The summed E-state index contributed by atoms with van der Waals surface area (Å²) in [6, 6.07) is 15.7. The molecule has 5 heteroatoms. The highest BCUT2D eigenvalue weighted by Gasteiger charge is 2.32. The number of carbonyl (C=O) groups excluding carboxylic acids is 1. The molecule has 2 aromatic rings. The quantitative estimate of drug-likeness (QED) is 0.727. The van der Waals surface area contributed by atoms with Crippen molar-refractivity contribution in [3.8, 4) is 5.75 Å². The van der Waals surface area contributed by atoms with Crippen LogP contribution in [0.2, 0.25) is 5.02 Å². The number of benzene rings is 2. The van der Waals surface area contributed by atoms with Crippen LogP contribution in [0.4, 0.5) is 0 Å². The van der Waals surface area contributed by atoms with Crippen LogP contribution in [0.25, 0.3) is 0 Å². The van der Waals surface area contributed by atoms with E-state index < -0.39 is 0 Å². The van der Waals surface area contributed by atoms with E-state index in [0.29, 0.717) is 10.9 Å². The minimum absolute atomic E-state index is 0.0309. The summed E-state index contributed by atoms with van der Waals surface area (Å²) in [7, 11) is 1.66. The first-order valence-electron chi connectivity index (χ1n) is 8.99. The highest BCUT2D eigenvalue weighted by Crippen LogP contribution is 2.41. The molecule has 26 heavy (non-hydrogen) atoms. The van der Waals surface area contributed by atoms with Crippen molar-refractivity contribution in [1.82, 2.24) is 10.6 Å². The molecule has 2 atom stereocenters. The van der Waals surface area contributed by atoms with Gasteiger partial charge in [0.25, 0.3) is 0 Å². The van der Waals surface area contributed by atoms with Crippen LogP contribution in [0.1, 0.15) is 43.0 Å². The van der Waals surface area contributed by atoms with Gasteiger partial charge < -0.3 is 15.4 Å². The van der Waals surface area contributed by atoms with E-state index in [4.69, 9.17) is 16.3 Å². The van der Waals surface area contributed by atoms with Crippen molar-refractivity contribution in [2.24, 2.45) is 5.92 Å². The third-order valence-corrected chi connectivity index (χ3v) is 5.14. The number of amides is 1. The Balaban J connectivity index is 1.57. The average molecular weight is 373 g/mol. The Labute approximate surface area is 159 Å². The van der Waals surface area contributed by atoms with Gasteiger partial charge in [0.05, 0.1) is 19.7 Å². The number of carbonyl (C=O) groups is 1. The molecule has 0 spiro atoms. The topological polar surface area (TPSA) is 50.4 Å². The zero-order chi connectivity index (χ0) is 18.5. The Morgan fingerprint density at radius 1 is 1.19 bits per heavy atom. The molecule has 1 fully saturated rings. The summed E-state index contributed by atoms with van der Waals surface area (Å²) in [4.78, 5) is 12.4. The first-order valence-corrected chi connectivity index (χ1v) is 9.37. The monoisotopic (exact) mass is 372 g/mol. The van der Waals surface area contributed by atoms with E-state index in [-0.39, 0.29) is 24.5 Å². The Kier molecular flexibility index (Phi) is 6.17. The van der Waals surface area contributed by atoms with Gasteiger partial charge in [0.15, 0.2) is 0 Å². The fraction of sp³-hybridized carbons (Fsp3) is 0.381. The molecule has 1 aliphatic rings. The summed E-state index contributed by atoms with van der Waals surface area (Å²) in [6.07, 6.45) is 2.39. The maximum Gasteiger partial charge on any atom is 0.234 e. The first-order chi connectivity index (χ1) is 12.6. The molecule has 0 aromatic heterocycles. The Morgan fingerprint density at radius 2 is 1.88 bits per heavy atom. The van der Waals surface area contributed by atoms with Gasteiger partial charge in [0.1, 0.15) is 5.75 Å². The van der Waals surface area contributed by atoms with Crippen LogP contribution in [0.5, 0.6) is 5.75 Å². The number of nitrogens with one attached hydrogen (secondary N) is 2. The van der Waals surface area contributed by atoms with Crippen LogP contribution in [0, 0.1) is 5.92 Å². The van der Waals surface area contributed by atoms with Crippen molar-refractivity contribution in [2.75, 3.05) is 13.7 Å². The number of methoxy groups -OCH3 is 1. The van der Waals surface area contributed by atoms with Crippen LogP contribution < -0.4 is 15.4 Å². The van der Waals surface area contributed by atoms with Gasteiger partial charge in [-0.2, -0.15) is 0 Å². The van der Waals surface area contributed by atoms with Gasteiger partial charge in [-0.1, -0.05) is 41.9 Å². The lowest BCUT2D eigenvalue weighted by Gasteiger charge is -2.20. The third-order valence-electron chi connectivity index (χ3n) is 4.80. The highest BCUT2D eigenvalue weighted by atomic mass is 35.5. The molecule has 0 aliphatic heterocycles. The van der Waals surface area contributed by atoms with Crippen LogP contribution in [-0.2, 0) is 4.79 Å². The summed E-state index contributed by atoms with van der Waals surface area (Å²) in [6.45, 7) is 2.23. The molecule has 4 nitrogen and oxygen atoms in total. The van der Waals surface area contributed by atoms with E-state index in [1.165, 1.54) is 18.4 Å². The van der Waals surface area contributed by atoms with Gasteiger partial charge in [-0.15, -0.1) is 0 Å². The zero-order valence-corrected chi connectivity index (χ0v) is 15.9. The molecule has 2 aromatic carbocycles. The maximum absolute atomic E-state index is 12.4. The molecule has 1 amide bonds. The van der Waals surface area contributed by atoms with Crippen molar-refractivity contribution in [1.29, 1.82) is 0 Å². The molecular formula is C21H25ClN2O2. The molecule has 2 unspecified atom stereocenters. The first kappa shape index (κ1) is 18.7. The van der Waals surface area contributed by atoms with Crippen LogP contribution >= 0.6 is 11.6 Å². The summed E-state index contributed by atoms with van der Waals surface area (Å²) in [5.41, 5.74) is 2.12. The van der Waals surface area contributed by atoms with E-state index >= 15 is 0 Å². The molecule has 0 saturated heterocycles. The van der Waals surface area contributed by atoms with Crippen LogP contribution in [0.15, 0.2) is 48.5 Å². The average Bonchev–Trinajstić information content (AvgIpc) is 3.48. The summed E-state index contributed by atoms with van der Waals surface area (Å²) in [5, 5.41) is 7.11. The summed E-state index contributed by atoms with van der Waals surface area (Å²) in [5.74, 6) is 1.41. The van der Waals surface area contributed by atoms with Crippen molar-refractivity contribution in [2.45, 2.75) is 31.8 Å². The lowest BCUT2D eigenvalue weighted by molar-refractivity contribution is -0.121. The highest BCUT2D eigenvalue weighted by molar-refractivity contribution is 6.31. The predicted molar refractivity (Wildman–Crippen MR) is 104 cm³/mol. The molecule has 1 saturated carbocycles. The lowest BCUT2D eigenvalue weighted by Crippen LogP contribution is -2.37. The van der Waals surface area contributed by atoms with Crippen molar-refractivity contribution in [3.63, 3.8) is 0 Å². The van der Waals surface area contributed by atoms with Gasteiger partial charge in [0.2, 0.25) is 5.91 Å². The zero-order valence-electron chi connectivity index (χ0n) is 15.2. The predicted octanol–water partition coefficient (Wildman–Crippen LogP) is 4.27. The second kappa shape index (κ2) is 8.56. The second-order valence-electron chi connectivity index (χ2n) is 6.78. The van der Waals surface area contributed by atoms with Gasteiger partial charge in [-0.25, -0.2) is 0 Å². The standard InChI is InChI=1S/C21H25ClN2O2/c1-14(18-5-3-4-6-19(18)22)24-20(25)13-23-21(15-7-8-15)16-9-11-17(26-2)12-10-16/h3-6,9-12,14-15,21,23H,7-8,13H2,1-2H3,(H,24,25). The van der Waals surface area contributed by atoms with Gasteiger partial charge in [0, 0.05) is 11.1 Å². The summed E-state index contributed by atoms with van der Waals surface area (Å²) < 4.78 is 5.22. The number of halogens is 1. The van der Waals surface area contributed by atoms with Gasteiger partial charge >= 0.3 is 0 Å². The van der Waals surface area contributed by atoms with Crippen molar-refractivity contribution in [3.05, 3.63) is 64.7 Å². The Hall–Kier alpha value is -2.04. The minimum Gasteiger partial charge on any atom is -0.497 e. The maximum atomic E-state index is 12.4. The number of rotatable bonds is 8. The van der Waals surface area contributed by atoms with E-state index in [2.05, 4.69) is 22.8 Å². The van der Waals surface area contributed by atoms with E-state index in [9.17, 15) is 4.79 Å². The molecule has 3 rings (SSSR count). The molecule has 0 radical (unpaired) electrons. The number of ether oxygens (including phenoxy) is 1. The molecule has 0 heterocycles. The second-order valence-corrected chi connectivity index (χ2v) is 7.19. The fourth-order valence-electron chi connectivity index (χ4n) is 3.20. The van der Waals surface area contributed by atoms with E-state index in [0.717, 1.165) is 11.3 Å². The molecule has 2 N–H and O–H groups in total. The SMILES string of the molecule is COc1ccc(C(NCC(=O)NC(C)c2ccccc2Cl)C2CC2)cc1. The number of hydrogen-bond acceptors (Lipinski definition) is 3. The lowest BCUT2D eigenvalue weighted by atomic mass is 10.0. The fourth-order valence-corrected chi connectivity index (χ4v) is 3.50. The Morgan fingerprint density at radius 3 is 2.50 bits per heavy atom. The van der Waals surface area contributed by atoms with Crippen molar-refractivity contribution < 1.29 is 9.53 Å². The van der Waals surface area contributed by atoms with E-state index in [1.54, 1.807) is 7.11 Å². The molecule has 138 valence electrons. The van der Waals surface area contributed by atoms with Gasteiger partial charge in [-0.3, -0.25) is 4.79 Å². The van der Waals surface area contributed by atoms with Crippen LogP contribution in [-0.4, -0.2) is 19.6 Å². The minimum atomic E-state index is -0.127. The molecular weight excluding hydrogens is 348 g/mol. The van der Waals surface area contributed by atoms with Crippen LogP contribution in [0.3, 0.4) is 0 Å². The Bertz CT molecular complexity index is 744. The number of hydrogen-bond donors (Lipinski definition) is 2. The van der Waals surface area contributed by atoms with E-state index in [1.807, 2.05) is 43.3 Å². The normalized spacial score (nSPS) is 16.0. The smallest absolute Gasteiger partial charge is 0.234 e.